The fourth-order valence-electron chi connectivity index (χ4n) is 0.268. The molecule has 0 bridgehead atoms. The number of alkyl halides is 3. The Bertz CT molecular complexity index is 143. The summed E-state index contributed by atoms with van der Waals surface area (Å²) in [6, 6.07) is 0. The van der Waals surface area contributed by atoms with E-state index in [1.807, 2.05) is 0 Å². The van der Waals surface area contributed by atoms with Crippen molar-refractivity contribution in [2.24, 2.45) is 0 Å². The van der Waals surface area contributed by atoms with Crippen LogP contribution in [-0.2, 0) is 0 Å². The van der Waals surface area contributed by atoms with E-state index in [9.17, 15) is 13.2 Å². The lowest BCUT2D eigenvalue weighted by Crippen LogP contribution is -2.07. The fraction of sp³-hybridized carbons (Fsp3) is 0.500. The zero-order valence-electron chi connectivity index (χ0n) is 6.25. The van der Waals surface area contributed by atoms with Gasteiger partial charge in [-0.1, -0.05) is 6.08 Å². The summed E-state index contributed by atoms with van der Waals surface area (Å²) in [5.74, 6) is 0. The van der Waals surface area contributed by atoms with Gasteiger partial charge in [-0.25, -0.2) is 18.0 Å². The second-order valence-electron chi connectivity index (χ2n) is 1.59. The molecule has 0 aromatic carbocycles. The molecule has 0 aliphatic rings. The van der Waals surface area contributed by atoms with Crippen molar-refractivity contribution < 1.29 is 28.2 Å². The number of halogens is 3. The smallest absolute Gasteiger partial charge is 0.450 e. The van der Waals surface area contributed by atoms with Crippen LogP contribution in [0.3, 0.4) is 0 Å². The SMILES string of the molecule is CC=CC(F)C(F)F.O=C(O)O. The van der Waals surface area contributed by atoms with E-state index in [4.69, 9.17) is 15.0 Å². The third-order valence-electron chi connectivity index (χ3n) is 0.617. The van der Waals surface area contributed by atoms with Gasteiger partial charge in [-0.15, -0.1) is 0 Å². The van der Waals surface area contributed by atoms with Crippen LogP contribution >= 0.6 is 0 Å². The van der Waals surface area contributed by atoms with Gasteiger partial charge in [0.2, 0.25) is 0 Å². The van der Waals surface area contributed by atoms with Crippen LogP contribution in [0, 0.1) is 0 Å². The van der Waals surface area contributed by atoms with Crippen molar-refractivity contribution in [2.75, 3.05) is 0 Å². The summed E-state index contributed by atoms with van der Waals surface area (Å²) in [5, 5.41) is 13.9. The topological polar surface area (TPSA) is 57.5 Å². The van der Waals surface area contributed by atoms with Crippen LogP contribution in [0.5, 0.6) is 0 Å². The Kier molecular flexibility index (Phi) is 8.82. The predicted octanol–water partition coefficient (Wildman–Crippen LogP) is 2.39. The van der Waals surface area contributed by atoms with E-state index in [0.717, 1.165) is 6.08 Å². The Balaban J connectivity index is 0. The molecular weight excluding hydrogens is 177 g/mol. The van der Waals surface area contributed by atoms with Gasteiger partial charge >= 0.3 is 6.16 Å². The molecule has 1 atom stereocenters. The molecule has 2 N–H and O–H groups in total. The lowest BCUT2D eigenvalue weighted by molar-refractivity contribution is 0.0750. The standard InChI is InChI=1S/C5H7F3.CH2O3/c1-2-3-4(6)5(7)8;2-1(3)4/h2-5H,1H3;(H2,2,3,4). The molecule has 0 heterocycles. The third kappa shape index (κ3) is 15.9. The van der Waals surface area contributed by atoms with Gasteiger partial charge in [0.15, 0.2) is 6.17 Å². The first-order chi connectivity index (χ1) is 5.41. The van der Waals surface area contributed by atoms with E-state index < -0.39 is 18.8 Å². The van der Waals surface area contributed by atoms with E-state index in [2.05, 4.69) is 0 Å². The minimum atomic E-state index is -2.88. The van der Waals surface area contributed by atoms with Gasteiger partial charge in [-0.05, 0) is 13.0 Å². The van der Waals surface area contributed by atoms with Gasteiger partial charge in [-0.2, -0.15) is 0 Å². The average Bonchev–Trinajstić information content (AvgIpc) is 1.86. The minimum absolute atomic E-state index is 0.824. The van der Waals surface area contributed by atoms with Crippen molar-refractivity contribution in [3.63, 3.8) is 0 Å². The molecular formula is C6H9F3O3. The second-order valence-corrected chi connectivity index (χ2v) is 1.59. The normalized spacial score (nSPS) is 12.4. The van der Waals surface area contributed by atoms with Gasteiger partial charge in [0.05, 0.1) is 0 Å². The van der Waals surface area contributed by atoms with E-state index >= 15 is 0 Å². The highest BCUT2D eigenvalue weighted by Crippen LogP contribution is 2.05. The van der Waals surface area contributed by atoms with Crippen LogP contribution in [0.4, 0.5) is 18.0 Å². The lowest BCUT2D eigenvalue weighted by Gasteiger charge is -1.96. The quantitative estimate of drug-likeness (QED) is 0.651. The van der Waals surface area contributed by atoms with Crippen LogP contribution < -0.4 is 0 Å². The first kappa shape index (κ1) is 13.4. The van der Waals surface area contributed by atoms with E-state index in [1.165, 1.54) is 13.0 Å². The van der Waals surface area contributed by atoms with Crippen molar-refractivity contribution in [1.29, 1.82) is 0 Å². The molecule has 0 aromatic rings. The van der Waals surface area contributed by atoms with Gasteiger partial charge in [-0.3, -0.25) is 0 Å². The predicted molar refractivity (Wildman–Crippen MR) is 36.4 cm³/mol. The maximum Gasteiger partial charge on any atom is 0.503 e. The van der Waals surface area contributed by atoms with Gasteiger partial charge in [0.1, 0.15) is 0 Å². The molecule has 1 unspecified atom stereocenters. The molecule has 0 aliphatic carbocycles. The molecule has 3 nitrogen and oxygen atoms in total. The van der Waals surface area contributed by atoms with Crippen molar-refractivity contribution in [3.05, 3.63) is 12.2 Å². The Hall–Kier alpha value is -1.20. The average molecular weight is 186 g/mol. The Morgan fingerprint density at radius 2 is 1.67 bits per heavy atom. The molecule has 0 aliphatic heterocycles. The van der Waals surface area contributed by atoms with E-state index in [-0.39, 0.29) is 0 Å². The zero-order chi connectivity index (χ0) is 10.1. The summed E-state index contributed by atoms with van der Waals surface area (Å²) in [6.45, 7) is 1.50. The molecule has 12 heavy (non-hydrogen) atoms. The molecule has 0 radical (unpaired) electrons. The van der Waals surface area contributed by atoms with Crippen molar-refractivity contribution >= 4 is 6.16 Å². The second kappa shape index (κ2) is 7.90. The molecule has 0 saturated carbocycles. The lowest BCUT2D eigenvalue weighted by atomic mass is 10.4. The van der Waals surface area contributed by atoms with Crippen LogP contribution in [0.1, 0.15) is 6.92 Å². The van der Waals surface area contributed by atoms with Gasteiger partial charge in [0, 0.05) is 0 Å². The highest BCUT2D eigenvalue weighted by molar-refractivity contribution is 5.53. The number of hydrogen-bond acceptors (Lipinski definition) is 1. The summed E-state index contributed by atoms with van der Waals surface area (Å²) in [6.07, 6.45) is -4.73. The molecule has 0 amide bonds. The van der Waals surface area contributed by atoms with Crippen LogP contribution in [0.15, 0.2) is 12.2 Å². The van der Waals surface area contributed by atoms with Crippen LogP contribution in [-0.4, -0.2) is 29.0 Å². The molecule has 6 heteroatoms. The maximum absolute atomic E-state index is 11.7. The summed E-state index contributed by atoms with van der Waals surface area (Å²) in [4.78, 5) is 8.56. The number of hydrogen-bond donors (Lipinski definition) is 2. The number of carbonyl (C=O) groups is 1. The molecule has 0 aromatic heterocycles. The Morgan fingerprint density at radius 3 is 1.75 bits per heavy atom. The number of rotatable bonds is 2. The summed E-state index contributed by atoms with van der Waals surface area (Å²) in [7, 11) is 0. The molecule has 0 rings (SSSR count). The summed E-state index contributed by atoms with van der Waals surface area (Å²) >= 11 is 0. The van der Waals surface area contributed by atoms with E-state index in [1.54, 1.807) is 0 Å². The van der Waals surface area contributed by atoms with Crippen molar-refractivity contribution in [3.8, 4) is 0 Å². The minimum Gasteiger partial charge on any atom is -0.450 e. The maximum atomic E-state index is 11.7. The van der Waals surface area contributed by atoms with Crippen molar-refractivity contribution in [2.45, 2.75) is 19.5 Å². The molecule has 0 spiro atoms. The fourth-order valence-corrected chi connectivity index (χ4v) is 0.268. The summed E-state index contributed by atoms with van der Waals surface area (Å²) < 4.78 is 34.1. The van der Waals surface area contributed by atoms with Gasteiger partial charge in [0.25, 0.3) is 6.43 Å². The zero-order valence-corrected chi connectivity index (χ0v) is 6.25. The molecule has 0 fully saturated rings. The van der Waals surface area contributed by atoms with Gasteiger partial charge < -0.3 is 10.2 Å². The summed E-state index contributed by atoms with van der Waals surface area (Å²) in [5.41, 5.74) is 0. The van der Waals surface area contributed by atoms with Crippen LogP contribution in [0.25, 0.3) is 0 Å². The Morgan fingerprint density at radius 1 is 1.33 bits per heavy atom. The third-order valence-corrected chi connectivity index (χ3v) is 0.617. The molecule has 0 saturated heterocycles. The Labute approximate surface area is 67.1 Å². The largest absolute Gasteiger partial charge is 0.503 e. The van der Waals surface area contributed by atoms with E-state index in [0.29, 0.717) is 0 Å². The first-order valence-electron chi connectivity index (χ1n) is 2.88. The molecule has 72 valence electrons. The highest BCUT2D eigenvalue weighted by atomic mass is 19.3. The first-order valence-corrected chi connectivity index (χ1v) is 2.88. The van der Waals surface area contributed by atoms with Crippen molar-refractivity contribution in [1.82, 2.24) is 0 Å². The van der Waals surface area contributed by atoms with Crippen LogP contribution in [0.2, 0.25) is 0 Å². The monoisotopic (exact) mass is 186 g/mol. The highest BCUT2D eigenvalue weighted by Gasteiger charge is 2.13. The number of carboxylic acid groups (broad SMARTS) is 2. The number of allylic oxidation sites excluding steroid dienone is 2.